The molecule has 0 saturated carbocycles. The maximum absolute atomic E-state index is 13.1. The zero-order valence-corrected chi connectivity index (χ0v) is 21.1. The van der Waals surface area contributed by atoms with E-state index in [9.17, 15) is 9.90 Å². The number of benzene rings is 2. The van der Waals surface area contributed by atoms with Crippen molar-refractivity contribution in [1.29, 1.82) is 0 Å². The average molecular weight is 462 g/mol. The Morgan fingerprint density at radius 1 is 1.18 bits per heavy atom. The quantitative estimate of drug-likeness (QED) is 0.306. The number of ether oxygens (including phenoxy) is 1. The molecule has 1 N–H and O–H groups in total. The molecule has 0 unspecified atom stereocenters. The van der Waals surface area contributed by atoms with Crippen LogP contribution in [0, 0.1) is 5.92 Å². The first-order valence-corrected chi connectivity index (χ1v) is 12.5. The molecule has 1 aliphatic rings. The number of hydrogen-bond donors (Lipinski definition) is 1. The van der Waals surface area contributed by atoms with Crippen LogP contribution in [-0.4, -0.2) is 23.1 Å². The van der Waals surface area contributed by atoms with Gasteiger partial charge in [0.1, 0.15) is 11.5 Å². The van der Waals surface area contributed by atoms with E-state index in [1.807, 2.05) is 49.4 Å². The van der Waals surface area contributed by atoms with E-state index < -0.39 is 6.09 Å². The van der Waals surface area contributed by atoms with Crippen molar-refractivity contribution in [3.8, 4) is 11.5 Å². The van der Waals surface area contributed by atoms with Crippen molar-refractivity contribution in [3.63, 3.8) is 0 Å². The van der Waals surface area contributed by atoms with Gasteiger partial charge in [-0.25, -0.2) is 4.79 Å². The predicted molar refractivity (Wildman–Crippen MR) is 139 cm³/mol. The Morgan fingerprint density at radius 3 is 2.59 bits per heavy atom. The van der Waals surface area contributed by atoms with E-state index in [0.29, 0.717) is 17.9 Å². The van der Waals surface area contributed by atoms with E-state index in [1.54, 1.807) is 11.9 Å². The average Bonchev–Trinajstić information content (AvgIpc) is 2.79. The lowest BCUT2D eigenvalue weighted by atomic mass is 9.73. The minimum Gasteiger partial charge on any atom is -0.507 e. The van der Waals surface area contributed by atoms with Gasteiger partial charge in [-0.05, 0) is 68.7 Å². The molecule has 0 saturated heterocycles. The summed E-state index contributed by atoms with van der Waals surface area (Å²) in [4.78, 5) is 14.7. The third-order valence-corrected chi connectivity index (χ3v) is 6.73. The lowest BCUT2D eigenvalue weighted by molar-refractivity contribution is 0.160. The molecule has 182 valence electrons. The zero-order valence-electron chi connectivity index (χ0n) is 21.1. The van der Waals surface area contributed by atoms with Crippen LogP contribution < -0.4 is 4.74 Å². The maximum atomic E-state index is 13.1. The highest BCUT2D eigenvalue weighted by atomic mass is 16.6. The van der Waals surface area contributed by atoms with Crippen molar-refractivity contribution < 1.29 is 14.6 Å². The largest absolute Gasteiger partial charge is 0.507 e. The highest BCUT2D eigenvalue weighted by Gasteiger charge is 2.31. The minimum atomic E-state index is -0.432. The standard InChI is InChI=1S/C30H39NO3/c1-6-7-9-14-24-18-27(32)29(26-17-22(4)15-16-25(26)21(2)3)28(19-24)34-30(33)31(5)20-23-12-10-8-11-13-23/h8,10-13,17-19,25-26,32H,2,6-7,9,14-16,20H2,1,3-5H3/t25-,26+/m0/s1. The fourth-order valence-electron chi connectivity index (χ4n) is 4.81. The fraction of sp³-hybridized carbons (Fsp3) is 0.433. The van der Waals surface area contributed by atoms with E-state index in [1.165, 1.54) is 5.57 Å². The van der Waals surface area contributed by atoms with Crippen LogP contribution in [0.3, 0.4) is 0 Å². The summed E-state index contributed by atoms with van der Waals surface area (Å²) in [6, 6.07) is 13.7. The maximum Gasteiger partial charge on any atom is 0.415 e. The van der Waals surface area contributed by atoms with E-state index in [-0.39, 0.29) is 17.6 Å². The van der Waals surface area contributed by atoms with E-state index in [0.717, 1.165) is 55.2 Å². The molecule has 0 aliphatic heterocycles. The molecule has 1 amide bonds. The van der Waals surface area contributed by atoms with E-state index in [2.05, 4.69) is 26.5 Å². The van der Waals surface area contributed by atoms with Gasteiger partial charge in [-0.2, -0.15) is 0 Å². The second-order valence-electron chi connectivity index (χ2n) is 9.72. The summed E-state index contributed by atoms with van der Waals surface area (Å²) in [5, 5.41) is 11.2. The molecule has 0 heterocycles. The molecule has 4 heteroatoms. The molecule has 2 aromatic carbocycles. The van der Waals surface area contributed by atoms with Crippen LogP contribution in [-0.2, 0) is 13.0 Å². The van der Waals surface area contributed by atoms with Crippen molar-refractivity contribution in [1.82, 2.24) is 4.90 Å². The molecule has 0 aromatic heterocycles. The first-order valence-electron chi connectivity index (χ1n) is 12.5. The number of amides is 1. The van der Waals surface area contributed by atoms with Crippen LogP contribution >= 0.6 is 0 Å². The number of aryl methyl sites for hydroxylation is 1. The Balaban J connectivity index is 1.95. The van der Waals surface area contributed by atoms with Crippen LogP contribution in [0.4, 0.5) is 4.79 Å². The van der Waals surface area contributed by atoms with Crippen molar-refractivity contribution in [2.24, 2.45) is 5.92 Å². The molecule has 3 rings (SSSR count). The summed E-state index contributed by atoms with van der Waals surface area (Å²) < 4.78 is 5.99. The highest BCUT2D eigenvalue weighted by Crippen LogP contribution is 2.47. The van der Waals surface area contributed by atoms with Crippen molar-refractivity contribution in [2.45, 2.75) is 71.8 Å². The summed E-state index contributed by atoms with van der Waals surface area (Å²) >= 11 is 0. The monoisotopic (exact) mass is 461 g/mol. The predicted octanol–water partition coefficient (Wildman–Crippen LogP) is 7.77. The molecule has 2 atom stereocenters. The van der Waals surface area contributed by atoms with Crippen LogP contribution in [0.5, 0.6) is 11.5 Å². The molecule has 0 spiro atoms. The third kappa shape index (κ3) is 6.53. The minimum absolute atomic E-state index is 0.0711. The third-order valence-electron chi connectivity index (χ3n) is 6.73. The first kappa shape index (κ1) is 25.6. The SMILES string of the molecule is C=C(C)[C@@H]1CCC(C)=C[C@H]1c1c(O)cc(CCCCC)cc1OC(=O)N(C)Cc1ccccc1. The number of unbranched alkanes of at least 4 members (excludes halogenated alkanes) is 2. The second-order valence-corrected chi connectivity index (χ2v) is 9.72. The number of rotatable bonds is 9. The van der Waals surface area contributed by atoms with Gasteiger partial charge in [0, 0.05) is 25.1 Å². The Labute approximate surface area is 205 Å². The lowest BCUT2D eigenvalue weighted by Crippen LogP contribution is -2.30. The Bertz CT molecular complexity index is 1020. The number of phenolic OH excluding ortho intramolecular Hbond substituents is 1. The van der Waals surface area contributed by atoms with Gasteiger partial charge < -0.3 is 14.7 Å². The van der Waals surface area contributed by atoms with Crippen LogP contribution in [0.25, 0.3) is 0 Å². The molecule has 0 fully saturated rings. The van der Waals surface area contributed by atoms with Crippen molar-refractivity contribution in [3.05, 3.63) is 83.0 Å². The summed E-state index contributed by atoms with van der Waals surface area (Å²) in [6.07, 6.45) is 7.89. The van der Waals surface area contributed by atoms with Crippen molar-refractivity contribution in [2.75, 3.05) is 7.05 Å². The highest BCUT2D eigenvalue weighted by molar-refractivity contribution is 5.72. The number of carbonyl (C=O) groups is 1. The summed E-state index contributed by atoms with van der Waals surface area (Å²) in [5.74, 6) is 0.779. The second kappa shape index (κ2) is 11.9. The normalized spacial score (nSPS) is 17.7. The van der Waals surface area contributed by atoms with E-state index in [4.69, 9.17) is 4.74 Å². The van der Waals surface area contributed by atoms with Gasteiger partial charge in [-0.3, -0.25) is 0 Å². The smallest absolute Gasteiger partial charge is 0.415 e. The number of hydrogen-bond acceptors (Lipinski definition) is 3. The molecule has 34 heavy (non-hydrogen) atoms. The van der Waals surface area contributed by atoms with Crippen molar-refractivity contribution >= 4 is 6.09 Å². The summed E-state index contributed by atoms with van der Waals surface area (Å²) in [5.41, 5.74) is 5.08. The number of nitrogens with zero attached hydrogens (tertiary/aromatic N) is 1. The van der Waals surface area contributed by atoms with Crippen LogP contribution in [0.15, 0.2) is 66.3 Å². The summed E-state index contributed by atoms with van der Waals surface area (Å²) in [7, 11) is 1.74. The number of phenols is 1. The fourth-order valence-corrected chi connectivity index (χ4v) is 4.81. The molecular weight excluding hydrogens is 422 g/mol. The first-order chi connectivity index (χ1) is 16.3. The molecule has 1 aliphatic carbocycles. The number of aromatic hydroxyl groups is 1. The van der Waals surface area contributed by atoms with Crippen LogP contribution in [0.2, 0.25) is 0 Å². The lowest BCUT2D eigenvalue weighted by Gasteiger charge is -2.32. The van der Waals surface area contributed by atoms with Gasteiger partial charge in [-0.1, -0.05) is 73.9 Å². The number of allylic oxidation sites excluding steroid dienone is 3. The van der Waals surface area contributed by atoms with Gasteiger partial charge in [0.2, 0.25) is 0 Å². The molecule has 2 aromatic rings. The van der Waals surface area contributed by atoms with Gasteiger partial charge in [0.05, 0.1) is 0 Å². The van der Waals surface area contributed by atoms with Gasteiger partial charge in [0.25, 0.3) is 0 Å². The van der Waals surface area contributed by atoms with Crippen LogP contribution in [0.1, 0.15) is 75.5 Å². The van der Waals surface area contributed by atoms with Gasteiger partial charge in [0.15, 0.2) is 0 Å². The Kier molecular flexibility index (Phi) is 8.98. The Morgan fingerprint density at radius 2 is 1.91 bits per heavy atom. The molecular formula is C30H39NO3. The zero-order chi connectivity index (χ0) is 24.7. The topological polar surface area (TPSA) is 49.8 Å². The van der Waals surface area contributed by atoms with Gasteiger partial charge >= 0.3 is 6.09 Å². The van der Waals surface area contributed by atoms with Gasteiger partial charge in [-0.15, -0.1) is 0 Å². The molecule has 0 radical (unpaired) electrons. The van der Waals surface area contributed by atoms with E-state index >= 15 is 0 Å². The molecule has 4 nitrogen and oxygen atoms in total. The Hall–Kier alpha value is -3.01. The summed E-state index contributed by atoms with van der Waals surface area (Å²) in [6.45, 7) is 11.0. The molecule has 0 bridgehead atoms. The number of carbonyl (C=O) groups excluding carboxylic acids is 1.